The Balaban J connectivity index is 1.51. The maximum absolute atomic E-state index is 15.0. The normalized spacial score (nSPS) is 19.0. The SMILES string of the molecule is CCC(CC)c1ccc(-c2ccc(-c3ccc(C4CCC(C)CC4)cc3)cc2F)cc1. The van der Waals surface area contributed by atoms with Gasteiger partial charge in [-0.15, -0.1) is 0 Å². The van der Waals surface area contributed by atoms with Crippen molar-refractivity contribution in [1.82, 2.24) is 0 Å². The van der Waals surface area contributed by atoms with Crippen molar-refractivity contribution in [3.8, 4) is 22.3 Å². The van der Waals surface area contributed by atoms with Crippen LogP contribution in [0.1, 0.15) is 82.3 Å². The molecule has 0 N–H and O–H groups in total. The molecule has 4 rings (SSSR count). The van der Waals surface area contributed by atoms with Crippen molar-refractivity contribution in [2.45, 2.75) is 71.1 Å². The average molecular weight is 415 g/mol. The van der Waals surface area contributed by atoms with Gasteiger partial charge in [0.05, 0.1) is 0 Å². The molecule has 0 unspecified atom stereocenters. The van der Waals surface area contributed by atoms with E-state index in [2.05, 4.69) is 69.3 Å². The van der Waals surface area contributed by atoms with E-state index in [0.717, 1.165) is 35.4 Å². The second-order valence-electron chi connectivity index (χ2n) is 9.41. The van der Waals surface area contributed by atoms with Crippen molar-refractivity contribution in [3.05, 3.63) is 83.7 Å². The lowest BCUT2D eigenvalue weighted by molar-refractivity contribution is 0.348. The number of benzene rings is 3. The lowest BCUT2D eigenvalue weighted by Gasteiger charge is -2.26. The molecule has 0 heterocycles. The van der Waals surface area contributed by atoms with Crippen molar-refractivity contribution < 1.29 is 4.39 Å². The van der Waals surface area contributed by atoms with E-state index < -0.39 is 0 Å². The van der Waals surface area contributed by atoms with Gasteiger partial charge < -0.3 is 0 Å². The molecule has 0 bridgehead atoms. The van der Waals surface area contributed by atoms with Crippen LogP contribution in [-0.2, 0) is 0 Å². The maximum Gasteiger partial charge on any atom is 0.131 e. The van der Waals surface area contributed by atoms with E-state index in [0.29, 0.717) is 17.4 Å². The number of rotatable bonds is 6. The first kappa shape index (κ1) is 21.8. The maximum atomic E-state index is 15.0. The van der Waals surface area contributed by atoms with Gasteiger partial charge in [0.15, 0.2) is 0 Å². The van der Waals surface area contributed by atoms with Gasteiger partial charge in [-0.3, -0.25) is 0 Å². The van der Waals surface area contributed by atoms with Gasteiger partial charge in [-0.2, -0.15) is 0 Å². The lowest BCUT2D eigenvalue weighted by Crippen LogP contribution is -2.10. The monoisotopic (exact) mass is 414 g/mol. The fourth-order valence-corrected chi connectivity index (χ4v) is 5.16. The number of halogens is 1. The van der Waals surface area contributed by atoms with Gasteiger partial charge in [-0.25, -0.2) is 4.39 Å². The van der Waals surface area contributed by atoms with E-state index >= 15 is 4.39 Å². The molecule has 0 nitrogen and oxygen atoms in total. The quantitative estimate of drug-likeness (QED) is 0.377. The molecule has 0 aliphatic heterocycles. The predicted molar refractivity (Wildman–Crippen MR) is 131 cm³/mol. The van der Waals surface area contributed by atoms with E-state index in [1.54, 1.807) is 6.07 Å². The van der Waals surface area contributed by atoms with Crippen LogP contribution in [0.4, 0.5) is 4.39 Å². The van der Waals surface area contributed by atoms with Crippen LogP contribution in [-0.4, -0.2) is 0 Å². The molecule has 0 aromatic heterocycles. The summed E-state index contributed by atoms with van der Waals surface area (Å²) in [4.78, 5) is 0. The highest BCUT2D eigenvalue weighted by Crippen LogP contribution is 2.36. The molecule has 3 aromatic carbocycles. The summed E-state index contributed by atoms with van der Waals surface area (Å²) in [6.07, 6.45) is 7.52. The Kier molecular flexibility index (Phi) is 6.90. The third-order valence-corrected chi connectivity index (χ3v) is 7.38. The lowest BCUT2D eigenvalue weighted by atomic mass is 9.79. The second-order valence-corrected chi connectivity index (χ2v) is 9.41. The van der Waals surface area contributed by atoms with Gasteiger partial charge in [0.1, 0.15) is 5.82 Å². The van der Waals surface area contributed by atoms with Gasteiger partial charge in [0.2, 0.25) is 0 Å². The summed E-state index contributed by atoms with van der Waals surface area (Å²) in [6, 6.07) is 22.9. The molecule has 1 fully saturated rings. The fourth-order valence-electron chi connectivity index (χ4n) is 5.16. The highest BCUT2D eigenvalue weighted by molar-refractivity contribution is 5.71. The highest BCUT2D eigenvalue weighted by atomic mass is 19.1. The molecule has 0 radical (unpaired) electrons. The molecule has 1 aliphatic rings. The van der Waals surface area contributed by atoms with E-state index in [9.17, 15) is 0 Å². The van der Waals surface area contributed by atoms with Crippen LogP contribution in [0.25, 0.3) is 22.3 Å². The molecule has 0 saturated heterocycles. The second kappa shape index (κ2) is 9.81. The van der Waals surface area contributed by atoms with Gasteiger partial charge in [0, 0.05) is 5.56 Å². The molecule has 1 saturated carbocycles. The highest BCUT2D eigenvalue weighted by Gasteiger charge is 2.19. The molecule has 0 spiro atoms. The summed E-state index contributed by atoms with van der Waals surface area (Å²) in [5.41, 5.74) is 6.43. The molecular formula is C30H35F. The standard InChI is InChI=1S/C30H35F/c1-4-22(5-2)23-14-16-27(17-15-23)29-19-18-28(20-30(29)31)26-12-10-25(11-13-26)24-8-6-21(3)7-9-24/h10-22,24H,4-9H2,1-3H3. The summed E-state index contributed by atoms with van der Waals surface area (Å²) >= 11 is 0. The third kappa shape index (κ3) is 4.92. The van der Waals surface area contributed by atoms with Gasteiger partial charge in [-0.05, 0) is 77.3 Å². The first-order chi connectivity index (χ1) is 15.1. The first-order valence-electron chi connectivity index (χ1n) is 12.1. The van der Waals surface area contributed by atoms with Gasteiger partial charge >= 0.3 is 0 Å². The number of hydrogen-bond donors (Lipinski definition) is 0. The zero-order valence-electron chi connectivity index (χ0n) is 19.2. The Morgan fingerprint density at radius 1 is 0.742 bits per heavy atom. The Morgan fingerprint density at radius 3 is 1.90 bits per heavy atom. The summed E-state index contributed by atoms with van der Waals surface area (Å²) in [5.74, 6) is 1.99. The van der Waals surface area contributed by atoms with Crippen molar-refractivity contribution in [1.29, 1.82) is 0 Å². The Hall–Kier alpha value is -2.41. The summed E-state index contributed by atoms with van der Waals surface area (Å²) in [5, 5.41) is 0. The summed E-state index contributed by atoms with van der Waals surface area (Å²) < 4.78 is 15.0. The molecule has 162 valence electrons. The fraction of sp³-hybridized carbons (Fsp3) is 0.400. The molecule has 0 amide bonds. The molecule has 3 aromatic rings. The van der Waals surface area contributed by atoms with Gasteiger partial charge in [-0.1, -0.05) is 94.3 Å². The summed E-state index contributed by atoms with van der Waals surface area (Å²) in [6.45, 7) is 6.81. The van der Waals surface area contributed by atoms with Crippen molar-refractivity contribution in [3.63, 3.8) is 0 Å². The summed E-state index contributed by atoms with van der Waals surface area (Å²) in [7, 11) is 0. The van der Waals surface area contributed by atoms with E-state index in [-0.39, 0.29) is 5.82 Å². The van der Waals surface area contributed by atoms with Crippen LogP contribution in [0.2, 0.25) is 0 Å². The molecule has 31 heavy (non-hydrogen) atoms. The molecule has 1 aliphatic carbocycles. The Bertz CT molecular complexity index is 972. The molecule has 0 atom stereocenters. The van der Waals surface area contributed by atoms with E-state index in [1.165, 1.54) is 36.8 Å². The minimum Gasteiger partial charge on any atom is -0.206 e. The average Bonchev–Trinajstić information content (AvgIpc) is 2.81. The largest absolute Gasteiger partial charge is 0.206 e. The minimum absolute atomic E-state index is 0.155. The molecule has 1 heteroatoms. The van der Waals surface area contributed by atoms with Crippen molar-refractivity contribution >= 4 is 0 Å². The molecular weight excluding hydrogens is 379 g/mol. The van der Waals surface area contributed by atoms with Crippen molar-refractivity contribution in [2.24, 2.45) is 5.92 Å². The topological polar surface area (TPSA) is 0 Å². The van der Waals surface area contributed by atoms with Crippen LogP contribution in [0, 0.1) is 11.7 Å². The van der Waals surface area contributed by atoms with Crippen molar-refractivity contribution in [2.75, 3.05) is 0 Å². The van der Waals surface area contributed by atoms with Crippen LogP contribution in [0.15, 0.2) is 66.7 Å². The van der Waals surface area contributed by atoms with Gasteiger partial charge in [0.25, 0.3) is 0 Å². The predicted octanol–water partition coefficient (Wildman–Crippen LogP) is 9.36. The first-order valence-corrected chi connectivity index (χ1v) is 12.1. The van der Waals surface area contributed by atoms with Crippen LogP contribution in [0.3, 0.4) is 0 Å². The Labute approximate surface area is 187 Å². The number of hydrogen-bond acceptors (Lipinski definition) is 0. The zero-order chi connectivity index (χ0) is 21.8. The Morgan fingerprint density at radius 2 is 1.32 bits per heavy atom. The smallest absolute Gasteiger partial charge is 0.131 e. The van der Waals surface area contributed by atoms with E-state index in [4.69, 9.17) is 0 Å². The third-order valence-electron chi connectivity index (χ3n) is 7.38. The van der Waals surface area contributed by atoms with E-state index in [1.807, 2.05) is 12.1 Å². The minimum atomic E-state index is -0.155. The van der Waals surface area contributed by atoms with Crippen LogP contribution in [0.5, 0.6) is 0 Å². The van der Waals surface area contributed by atoms with Crippen LogP contribution >= 0.6 is 0 Å². The van der Waals surface area contributed by atoms with Crippen LogP contribution < -0.4 is 0 Å². The zero-order valence-corrected chi connectivity index (χ0v) is 19.2.